The summed E-state index contributed by atoms with van der Waals surface area (Å²) in [4.78, 5) is 14.5. The molecular weight excluding hydrogens is 358 g/mol. The summed E-state index contributed by atoms with van der Waals surface area (Å²) in [6.45, 7) is 4.30. The van der Waals surface area contributed by atoms with Gasteiger partial charge in [-0.3, -0.25) is 4.79 Å². The monoisotopic (exact) mass is 371 g/mol. The van der Waals surface area contributed by atoms with Crippen molar-refractivity contribution in [2.45, 2.75) is 32.3 Å². The van der Waals surface area contributed by atoms with Gasteiger partial charge in [0.2, 0.25) is 0 Å². The maximum Gasteiger partial charge on any atom is 0.306 e. The minimum absolute atomic E-state index is 0.0823. The number of carboxylic acids is 1. The number of hydrogen-bond acceptors (Lipinski definition) is 2. The van der Waals surface area contributed by atoms with Gasteiger partial charge >= 0.3 is 5.97 Å². The summed E-state index contributed by atoms with van der Waals surface area (Å²) < 4.78 is 6.77. The first-order chi connectivity index (χ1) is 9.83. The predicted octanol–water partition coefficient (Wildman–Crippen LogP) is 4.15. The summed E-state index contributed by atoms with van der Waals surface area (Å²) in [7, 11) is 0. The Morgan fingerprint density at radius 2 is 2.33 bits per heavy atom. The lowest BCUT2D eigenvalue weighted by atomic mass is 9.90. The first-order valence-corrected chi connectivity index (χ1v) is 7.86. The number of H-pyrrole nitrogens is 1. The second kappa shape index (κ2) is 5.00. The van der Waals surface area contributed by atoms with Crippen molar-refractivity contribution in [1.82, 2.24) is 4.98 Å². The van der Waals surface area contributed by atoms with Gasteiger partial charge < -0.3 is 14.8 Å². The molecule has 1 aromatic carbocycles. The van der Waals surface area contributed by atoms with Gasteiger partial charge in [-0.1, -0.05) is 11.6 Å². The molecule has 2 N–H and O–H groups in total. The van der Waals surface area contributed by atoms with Gasteiger partial charge in [-0.05, 0) is 53.4 Å². The Labute approximate surface area is 135 Å². The fourth-order valence-electron chi connectivity index (χ4n) is 3.06. The molecule has 0 fully saturated rings. The fourth-order valence-corrected chi connectivity index (χ4v) is 3.92. The van der Waals surface area contributed by atoms with Crippen LogP contribution in [0.4, 0.5) is 0 Å². The van der Waals surface area contributed by atoms with E-state index in [1.165, 1.54) is 0 Å². The van der Waals surface area contributed by atoms with Crippen LogP contribution in [-0.4, -0.2) is 22.7 Å². The van der Waals surface area contributed by atoms with Crippen molar-refractivity contribution >= 4 is 44.4 Å². The Hall–Kier alpha value is -1.04. The largest absolute Gasteiger partial charge is 0.481 e. The summed E-state index contributed by atoms with van der Waals surface area (Å²) >= 11 is 9.97. The predicted molar refractivity (Wildman–Crippen MR) is 85.0 cm³/mol. The first-order valence-electron chi connectivity index (χ1n) is 6.69. The number of ether oxygens (including phenoxy) is 1. The molecule has 1 unspecified atom stereocenters. The van der Waals surface area contributed by atoms with Crippen LogP contribution in [-0.2, 0) is 21.6 Å². The van der Waals surface area contributed by atoms with Crippen molar-refractivity contribution in [3.8, 4) is 0 Å². The Balaban J connectivity index is 2.31. The van der Waals surface area contributed by atoms with Gasteiger partial charge in [0.15, 0.2) is 0 Å². The number of aromatic nitrogens is 1. The molecule has 0 bridgehead atoms. The number of aromatic amines is 1. The van der Waals surface area contributed by atoms with Crippen molar-refractivity contribution < 1.29 is 14.6 Å². The van der Waals surface area contributed by atoms with E-state index in [-0.39, 0.29) is 6.42 Å². The maximum atomic E-state index is 11.2. The molecule has 21 heavy (non-hydrogen) atoms. The van der Waals surface area contributed by atoms with E-state index in [0.29, 0.717) is 11.6 Å². The van der Waals surface area contributed by atoms with Crippen LogP contribution in [0.25, 0.3) is 10.9 Å². The maximum absolute atomic E-state index is 11.2. The molecule has 0 saturated carbocycles. The minimum atomic E-state index is -0.884. The molecule has 6 heteroatoms. The zero-order valence-corrected chi connectivity index (χ0v) is 14.1. The Morgan fingerprint density at radius 1 is 1.62 bits per heavy atom. The van der Waals surface area contributed by atoms with E-state index in [4.69, 9.17) is 21.4 Å². The highest BCUT2D eigenvalue weighted by atomic mass is 79.9. The number of benzene rings is 1. The van der Waals surface area contributed by atoms with E-state index >= 15 is 0 Å². The van der Waals surface area contributed by atoms with Crippen molar-refractivity contribution in [2.75, 3.05) is 6.61 Å². The third-order valence-corrected chi connectivity index (χ3v) is 5.36. The van der Waals surface area contributed by atoms with E-state index in [2.05, 4.69) is 20.9 Å². The van der Waals surface area contributed by atoms with Crippen LogP contribution in [0.15, 0.2) is 10.5 Å². The van der Waals surface area contributed by atoms with Crippen LogP contribution in [0, 0.1) is 6.92 Å². The number of halogens is 2. The van der Waals surface area contributed by atoms with Crippen molar-refractivity contribution in [1.29, 1.82) is 0 Å². The summed E-state index contributed by atoms with van der Waals surface area (Å²) in [5.74, 6) is -0.884. The number of aliphatic carboxylic acids is 1. The summed E-state index contributed by atoms with van der Waals surface area (Å²) in [6, 6.07) is 1.89. The summed E-state index contributed by atoms with van der Waals surface area (Å²) in [6.07, 6.45) is 0.657. The molecular formula is C15H15BrClNO3. The van der Waals surface area contributed by atoms with Crippen LogP contribution in [0.1, 0.15) is 30.2 Å². The van der Waals surface area contributed by atoms with Crippen LogP contribution in [0.3, 0.4) is 0 Å². The quantitative estimate of drug-likeness (QED) is 0.832. The highest BCUT2D eigenvalue weighted by molar-refractivity contribution is 9.10. The minimum Gasteiger partial charge on any atom is -0.481 e. The molecule has 1 aliphatic heterocycles. The molecule has 0 radical (unpaired) electrons. The van der Waals surface area contributed by atoms with E-state index < -0.39 is 11.6 Å². The third-order valence-electron chi connectivity index (χ3n) is 4.04. The molecule has 0 aliphatic carbocycles. The molecule has 1 atom stereocenters. The molecule has 0 saturated heterocycles. The van der Waals surface area contributed by atoms with E-state index in [9.17, 15) is 4.79 Å². The molecule has 112 valence electrons. The lowest BCUT2D eigenvalue weighted by molar-refractivity contribution is -0.146. The lowest BCUT2D eigenvalue weighted by Crippen LogP contribution is -2.34. The fraction of sp³-hybridized carbons (Fsp3) is 0.400. The second-order valence-corrected chi connectivity index (χ2v) is 6.82. The summed E-state index contributed by atoms with van der Waals surface area (Å²) in [5, 5.41) is 10.8. The van der Waals surface area contributed by atoms with Gasteiger partial charge in [-0.25, -0.2) is 0 Å². The van der Waals surface area contributed by atoms with E-state index in [1.54, 1.807) is 0 Å². The van der Waals surface area contributed by atoms with Gasteiger partial charge in [0.25, 0.3) is 0 Å². The number of nitrogens with one attached hydrogen (secondary N) is 1. The standard InChI is InChI=1S/C15H15BrClNO3/c1-7-5-9(17)13-11(12(7)16)8-3-4-21-15(2,6-10(19)20)14(8)18-13/h5,18H,3-4,6H2,1-2H3,(H,19,20). The summed E-state index contributed by atoms with van der Waals surface area (Å²) in [5.41, 5.74) is 2.95. The molecule has 0 spiro atoms. The molecule has 2 heterocycles. The average Bonchev–Trinajstić information content (AvgIpc) is 2.77. The number of aryl methyl sites for hydroxylation is 1. The van der Waals surface area contributed by atoms with Crippen LogP contribution in [0.5, 0.6) is 0 Å². The van der Waals surface area contributed by atoms with Gasteiger partial charge in [-0.15, -0.1) is 0 Å². The van der Waals surface area contributed by atoms with Crippen LogP contribution < -0.4 is 0 Å². The normalized spacial score (nSPS) is 21.5. The number of hydrogen-bond donors (Lipinski definition) is 2. The van der Waals surface area contributed by atoms with Crippen LogP contribution >= 0.6 is 27.5 Å². The molecule has 0 amide bonds. The average molecular weight is 373 g/mol. The van der Waals surface area contributed by atoms with Crippen LogP contribution in [0.2, 0.25) is 5.02 Å². The lowest BCUT2D eigenvalue weighted by Gasteiger charge is -2.32. The van der Waals surface area contributed by atoms with E-state index in [0.717, 1.165) is 38.6 Å². The Morgan fingerprint density at radius 3 is 3.00 bits per heavy atom. The van der Waals surface area contributed by atoms with Gasteiger partial charge in [0.1, 0.15) is 5.60 Å². The third kappa shape index (κ3) is 2.28. The molecule has 1 aliphatic rings. The smallest absolute Gasteiger partial charge is 0.306 e. The second-order valence-electron chi connectivity index (χ2n) is 5.62. The number of rotatable bonds is 2. The Bertz CT molecular complexity index is 755. The zero-order chi connectivity index (χ0) is 15.4. The van der Waals surface area contributed by atoms with Crippen molar-refractivity contribution in [3.05, 3.63) is 32.4 Å². The van der Waals surface area contributed by atoms with Gasteiger partial charge in [0, 0.05) is 9.86 Å². The molecule has 4 nitrogen and oxygen atoms in total. The highest BCUT2D eigenvalue weighted by Crippen LogP contribution is 2.43. The first kappa shape index (κ1) is 14.9. The van der Waals surface area contributed by atoms with E-state index in [1.807, 2.05) is 19.9 Å². The molecule has 3 rings (SSSR count). The zero-order valence-electron chi connectivity index (χ0n) is 11.7. The molecule has 1 aromatic heterocycles. The SMILES string of the molecule is Cc1cc(Cl)c2[nH]c3c(c2c1Br)CCOC3(C)CC(=O)O. The Kier molecular flexibility index (Phi) is 3.55. The topological polar surface area (TPSA) is 62.3 Å². The number of carboxylic acid groups (broad SMARTS) is 1. The number of fused-ring (bicyclic) bond motifs is 3. The highest BCUT2D eigenvalue weighted by Gasteiger charge is 2.38. The van der Waals surface area contributed by atoms with Gasteiger partial charge in [0.05, 0.1) is 29.3 Å². The van der Waals surface area contributed by atoms with Crippen molar-refractivity contribution in [3.63, 3.8) is 0 Å². The van der Waals surface area contributed by atoms with Crippen molar-refractivity contribution in [2.24, 2.45) is 0 Å². The number of carbonyl (C=O) groups is 1. The van der Waals surface area contributed by atoms with Gasteiger partial charge in [-0.2, -0.15) is 0 Å². The molecule has 2 aromatic rings.